The number of aromatic nitrogens is 1. The van der Waals surface area contributed by atoms with Crippen LogP contribution in [0.2, 0.25) is 0 Å². The average Bonchev–Trinajstić information content (AvgIpc) is 2.84. The maximum absolute atomic E-state index is 13.7. The lowest BCUT2D eigenvalue weighted by Crippen LogP contribution is -2.50. The molecular weight excluding hydrogens is 470 g/mol. The topological polar surface area (TPSA) is 54.0 Å². The molecule has 36 heavy (non-hydrogen) atoms. The molecule has 0 saturated heterocycles. The summed E-state index contributed by atoms with van der Waals surface area (Å²) in [6.07, 6.45) is -2.88. The zero-order chi connectivity index (χ0) is 25.8. The Labute approximate surface area is 206 Å². The largest absolute Gasteiger partial charge is 0.416 e. The van der Waals surface area contributed by atoms with E-state index in [1.54, 1.807) is 18.3 Å². The molecule has 1 heterocycles. The number of carbonyl (C=O) groups excluding carboxylic acids is 1. The third-order valence-corrected chi connectivity index (χ3v) is 5.75. The summed E-state index contributed by atoms with van der Waals surface area (Å²) in [4.78, 5) is 17.7. The van der Waals surface area contributed by atoms with Gasteiger partial charge in [-0.15, -0.1) is 0 Å². The number of anilines is 1. The molecule has 1 atom stereocenters. The van der Waals surface area contributed by atoms with Gasteiger partial charge in [-0.05, 0) is 60.0 Å². The molecule has 2 amide bonds. The highest BCUT2D eigenvalue weighted by molar-refractivity contribution is 5.90. The Morgan fingerprint density at radius 1 is 0.861 bits per heavy atom. The van der Waals surface area contributed by atoms with Gasteiger partial charge in [-0.25, -0.2) is 9.18 Å². The standard InChI is InChI=1S/C28H23F4N3O/c1-19-13-14-25(33-18-19)27(17-20-7-3-2-4-8-20,21-9-5-10-22(15-21)28(30,31)32)35-26(36)34-24-12-6-11-23(29)16-24/h2-16,18H,17H2,1H3,(H2,34,35,36). The Kier molecular flexibility index (Phi) is 7.05. The molecule has 0 aliphatic heterocycles. The molecule has 0 saturated carbocycles. The van der Waals surface area contributed by atoms with Crippen molar-refractivity contribution in [2.75, 3.05) is 5.32 Å². The molecule has 4 aromatic rings. The first-order valence-corrected chi connectivity index (χ1v) is 11.2. The second-order valence-corrected chi connectivity index (χ2v) is 8.46. The van der Waals surface area contributed by atoms with Crippen molar-refractivity contribution in [1.82, 2.24) is 10.3 Å². The number of amides is 2. The lowest BCUT2D eigenvalue weighted by atomic mass is 9.80. The summed E-state index contributed by atoms with van der Waals surface area (Å²) in [6, 6.07) is 22.0. The molecule has 0 spiro atoms. The molecule has 8 heteroatoms. The molecule has 3 aromatic carbocycles. The molecule has 2 N–H and O–H groups in total. The number of benzene rings is 3. The highest BCUT2D eigenvalue weighted by atomic mass is 19.4. The van der Waals surface area contributed by atoms with Crippen LogP contribution in [0, 0.1) is 12.7 Å². The molecule has 0 fully saturated rings. The monoisotopic (exact) mass is 493 g/mol. The number of hydrogen-bond donors (Lipinski definition) is 2. The fourth-order valence-corrected chi connectivity index (χ4v) is 4.03. The lowest BCUT2D eigenvalue weighted by Gasteiger charge is -2.36. The summed E-state index contributed by atoms with van der Waals surface area (Å²) in [5.74, 6) is -0.540. The normalized spacial score (nSPS) is 13.0. The van der Waals surface area contributed by atoms with Gasteiger partial charge in [0.25, 0.3) is 0 Å². The molecule has 0 aliphatic carbocycles. The molecular formula is C28H23F4N3O. The molecule has 0 bridgehead atoms. The van der Waals surface area contributed by atoms with Crippen LogP contribution < -0.4 is 10.6 Å². The fourth-order valence-electron chi connectivity index (χ4n) is 4.03. The highest BCUT2D eigenvalue weighted by Crippen LogP contribution is 2.37. The first-order valence-electron chi connectivity index (χ1n) is 11.2. The van der Waals surface area contributed by atoms with Gasteiger partial charge in [-0.3, -0.25) is 4.98 Å². The minimum absolute atomic E-state index is 0.113. The van der Waals surface area contributed by atoms with E-state index in [0.29, 0.717) is 5.69 Å². The van der Waals surface area contributed by atoms with Gasteiger partial charge in [0.05, 0.1) is 11.3 Å². The van der Waals surface area contributed by atoms with Gasteiger partial charge in [-0.2, -0.15) is 13.2 Å². The fraction of sp³-hybridized carbons (Fsp3) is 0.143. The van der Waals surface area contributed by atoms with E-state index in [9.17, 15) is 22.4 Å². The van der Waals surface area contributed by atoms with Crippen LogP contribution in [0.25, 0.3) is 0 Å². The predicted octanol–water partition coefficient (Wildman–Crippen LogP) is 6.86. The van der Waals surface area contributed by atoms with Gasteiger partial charge in [0.15, 0.2) is 0 Å². The lowest BCUT2D eigenvalue weighted by molar-refractivity contribution is -0.137. The Hall–Kier alpha value is -4.20. The van der Waals surface area contributed by atoms with Crippen molar-refractivity contribution in [1.29, 1.82) is 0 Å². The number of rotatable bonds is 6. The van der Waals surface area contributed by atoms with E-state index in [-0.39, 0.29) is 17.7 Å². The van der Waals surface area contributed by atoms with Gasteiger partial charge in [0.2, 0.25) is 0 Å². The SMILES string of the molecule is Cc1ccc(C(Cc2ccccc2)(NC(=O)Nc2cccc(F)c2)c2cccc(C(F)(F)F)c2)nc1. The molecule has 4 rings (SSSR count). The van der Waals surface area contributed by atoms with Crippen LogP contribution in [-0.4, -0.2) is 11.0 Å². The number of hydrogen-bond acceptors (Lipinski definition) is 2. The van der Waals surface area contributed by atoms with E-state index < -0.39 is 29.1 Å². The van der Waals surface area contributed by atoms with Gasteiger partial charge < -0.3 is 10.6 Å². The summed E-state index contributed by atoms with van der Waals surface area (Å²) in [5, 5.41) is 5.45. The molecule has 0 aliphatic rings. The van der Waals surface area contributed by atoms with Crippen LogP contribution in [0.5, 0.6) is 0 Å². The molecule has 1 aromatic heterocycles. The number of nitrogens with zero attached hydrogens (tertiary/aromatic N) is 1. The van der Waals surface area contributed by atoms with Crippen molar-refractivity contribution in [3.8, 4) is 0 Å². The maximum atomic E-state index is 13.7. The van der Waals surface area contributed by atoms with Crippen LogP contribution >= 0.6 is 0 Å². The summed E-state index contributed by atoms with van der Waals surface area (Å²) >= 11 is 0. The number of pyridine rings is 1. The van der Waals surface area contributed by atoms with Crippen molar-refractivity contribution < 1.29 is 22.4 Å². The van der Waals surface area contributed by atoms with Crippen LogP contribution in [-0.2, 0) is 18.1 Å². The Bertz CT molecular complexity index is 1340. The zero-order valence-corrected chi connectivity index (χ0v) is 19.3. The number of alkyl halides is 3. The van der Waals surface area contributed by atoms with E-state index >= 15 is 0 Å². The molecule has 0 radical (unpaired) electrons. The minimum atomic E-state index is -4.58. The van der Waals surface area contributed by atoms with Gasteiger partial charge >= 0.3 is 12.2 Å². The number of halogens is 4. The third-order valence-electron chi connectivity index (χ3n) is 5.75. The van der Waals surface area contributed by atoms with E-state index in [0.717, 1.165) is 29.3 Å². The van der Waals surface area contributed by atoms with Gasteiger partial charge in [-0.1, -0.05) is 54.6 Å². The zero-order valence-electron chi connectivity index (χ0n) is 19.3. The Balaban J connectivity index is 1.87. The van der Waals surface area contributed by atoms with E-state index in [1.807, 2.05) is 37.3 Å². The summed E-state index contributed by atoms with van der Waals surface area (Å²) in [5.41, 5.74) is 0.0359. The van der Waals surface area contributed by atoms with Crippen LogP contribution in [0.15, 0.2) is 97.2 Å². The molecule has 184 valence electrons. The van der Waals surface area contributed by atoms with Crippen molar-refractivity contribution in [2.45, 2.75) is 25.1 Å². The minimum Gasteiger partial charge on any atom is -0.322 e. The summed E-state index contributed by atoms with van der Waals surface area (Å²) < 4.78 is 54.7. The van der Waals surface area contributed by atoms with Crippen molar-refractivity contribution in [2.24, 2.45) is 0 Å². The van der Waals surface area contributed by atoms with Crippen molar-refractivity contribution in [3.05, 3.63) is 131 Å². The highest BCUT2D eigenvalue weighted by Gasteiger charge is 2.40. The molecule has 4 nitrogen and oxygen atoms in total. The van der Waals surface area contributed by atoms with Gasteiger partial charge in [0.1, 0.15) is 11.4 Å². The second-order valence-electron chi connectivity index (χ2n) is 8.46. The van der Waals surface area contributed by atoms with Crippen LogP contribution in [0.4, 0.5) is 28.0 Å². The first kappa shape index (κ1) is 24.9. The number of carbonyl (C=O) groups is 1. The number of urea groups is 1. The Morgan fingerprint density at radius 3 is 2.25 bits per heavy atom. The average molecular weight is 494 g/mol. The second kappa shape index (κ2) is 10.2. The smallest absolute Gasteiger partial charge is 0.322 e. The summed E-state index contributed by atoms with van der Waals surface area (Å²) in [6.45, 7) is 1.84. The quantitative estimate of drug-likeness (QED) is 0.289. The third kappa shape index (κ3) is 5.71. The number of aryl methyl sites for hydroxylation is 1. The Morgan fingerprint density at radius 2 is 1.58 bits per heavy atom. The first-order chi connectivity index (χ1) is 17.2. The number of nitrogens with one attached hydrogen (secondary N) is 2. The summed E-state index contributed by atoms with van der Waals surface area (Å²) in [7, 11) is 0. The van der Waals surface area contributed by atoms with Crippen molar-refractivity contribution >= 4 is 11.7 Å². The van der Waals surface area contributed by atoms with E-state index in [4.69, 9.17) is 0 Å². The molecule has 1 unspecified atom stereocenters. The van der Waals surface area contributed by atoms with Crippen molar-refractivity contribution in [3.63, 3.8) is 0 Å². The van der Waals surface area contributed by atoms with Crippen LogP contribution in [0.3, 0.4) is 0 Å². The van der Waals surface area contributed by atoms with E-state index in [2.05, 4.69) is 15.6 Å². The van der Waals surface area contributed by atoms with Gasteiger partial charge in [0, 0.05) is 18.3 Å². The predicted molar refractivity (Wildman–Crippen MR) is 130 cm³/mol. The van der Waals surface area contributed by atoms with E-state index in [1.165, 1.54) is 30.3 Å². The maximum Gasteiger partial charge on any atom is 0.416 e. The van der Waals surface area contributed by atoms with Crippen LogP contribution in [0.1, 0.15) is 27.9 Å².